The highest BCUT2D eigenvalue weighted by molar-refractivity contribution is 5.89. The summed E-state index contributed by atoms with van der Waals surface area (Å²) in [5.41, 5.74) is 2.82. The number of urea groups is 1. The number of amides is 2. The van der Waals surface area contributed by atoms with Gasteiger partial charge in [0.25, 0.3) is 0 Å². The van der Waals surface area contributed by atoms with Crippen molar-refractivity contribution in [3.63, 3.8) is 0 Å². The normalized spacial score (nSPS) is 17.2. The minimum Gasteiger partial charge on any atom is -0.383 e. The van der Waals surface area contributed by atoms with Gasteiger partial charge in [0.2, 0.25) is 0 Å². The standard InChI is InChI=1S/C29H33F2N7O3/c1-40-12-10-36-18-23(20-8-9-24(30)25(31)14-20)27(19-36)33-29(39)34-28-15-26(21-16-32-37(17-21)11-13-41-2)35-38(28)22-6-4-3-5-7-22/h3-9,14-17,23,27H,10-13,18-19H2,1-2H3,(H2,33,34,39)/t23-,27+/m0/s1. The first kappa shape index (κ1) is 28.4. The number of aromatic nitrogens is 4. The second kappa shape index (κ2) is 13.0. The quantitative estimate of drug-likeness (QED) is 0.286. The first-order valence-electron chi connectivity index (χ1n) is 13.4. The molecule has 0 bridgehead atoms. The molecule has 0 unspecified atom stereocenters. The van der Waals surface area contributed by atoms with Crippen molar-refractivity contribution in [1.29, 1.82) is 0 Å². The predicted molar refractivity (Wildman–Crippen MR) is 150 cm³/mol. The largest absolute Gasteiger partial charge is 0.383 e. The van der Waals surface area contributed by atoms with Gasteiger partial charge >= 0.3 is 6.03 Å². The Morgan fingerprint density at radius 2 is 1.78 bits per heavy atom. The number of nitrogens with one attached hydrogen (secondary N) is 2. The summed E-state index contributed by atoms with van der Waals surface area (Å²) in [4.78, 5) is 15.5. The summed E-state index contributed by atoms with van der Waals surface area (Å²) in [5.74, 6) is -1.59. The Hall–Kier alpha value is -4.13. The molecule has 0 saturated carbocycles. The number of carbonyl (C=O) groups excluding carboxylic acids is 1. The number of ether oxygens (including phenoxy) is 2. The highest BCUT2D eigenvalue weighted by atomic mass is 19.2. The molecule has 2 aromatic heterocycles. The molecule has 4 aromatic rings. The minimum atomic E-state index is -0.911. The number of carbonyl (C=O) groups is 1. The fraction of sp³-hybridized carbons (Fsp3) is 0.345. The van der Waals surface area contributed by atoms with Crippen LogP contribution in [0, 0.1) is 11.6 Å². The van der Waals surface area contributed by atoms with Crippen LogP contribution < -0.4 is 10.6 Å². The monoisotopic (exact) mass is 565 g/mol. The van der Waals surface area contributed by atoms with Crippen molar-refractivity contribution in [3.8, 4) is 16.9 Å². The number of likely N-dealkylation sites (tertiary alicyclic amines) is 1. The number of hydrogen-bond donors (Lipinski definition) is 2. The number of rotatable bonds is 11. The zero-order valence-electron chi connectivity index (χ0n) is 23.0. The van der Waals surface area contributed by atoms with E-state index in [0.29, 0.717) is 56.5 Å². The fourth-order valence-corrected chi connectivity index (χ4v) is 5.02. The maximum atomic E-state index is 14.1. The van der Waals surface area contributed by atoms with Gasteiger partial charge in [-0.1, -0.05) is 24.3 Å². The number of hydrogen-bond acceptors (Lipinski definition) is 6. The molecule has 2 N–H and O–H groups in total. The van der Waals surface area contributed by atoms with Crippen LogP contribution in [0.3, 0.4) is 0 Å². The van der Waals surface area contributed by atoms with Crippen molar-refractivity contribution in [3.05, 3.63) is 84.2 Å². The topological polar surface area (TPSA) is 98.5 Å². The molecule has 2 atom stereocenters. The van der Waals surface area contributed by atoms with Gasteiger partial charge in [-0.15, -0.1) is 0 Å². The lowest BCUT2D eigenvalue weighted by atomic mass is 9.94. The molecule has 0 aliphatic carbocycles. The number of benzene rings is 2. The maximum absolute atomic E-state index is 14.1. The minimum absolute atomic E-state index is 0.236. The zero-order valence-corrected chi connectivity index (χ0v) is 23.0. The van der Waals surface area contributed by atoms with Crippen molar-refractivity contribution in [2.45, 2.75) is 18.5 Å². The van der Waals surface area contributed by atoms with Gasteiger partial charge in [0, 0.05) is 57.6 Å². The van der Waals surface area contributed by atoms with Crippen molar-refractivity contribution < 1.29 is 23.0 Å². The van der Waals surface area contributed by atoms with Gasteiger partial charge < -0.3 is 14.8 Å². The van der Waals surface area contributed by atoms with E-state index in [1.807, 2.05) is 36.5 Å². The Bertz CT molecular complexity index is 1460. The highest BCUT2D eigenvalue weighted by Gasteiger charge is 2.35. The van der Waals surface area contributed by atoms with Gasteiger partial charge in [-0.2, -0.15) is 10.2 Å². The lowest BCUT2D eigenvalue weighted by molar-refractivity contribution is 0.159. The Balaban J connectivity index is 1.37. The molecular formula is C29H33F2N7O3. The summed E-state index contributed by atoms with van der Waals surface area (Å²) in [7, 11) is 3.26. The number of anilines is 1. The molecule has 1 fully saturated rings. The van der Waals surface area contributed by atoms with E-state index >= 15 is 0 Å². The molecule has 5 rings (SSSR count). The average molecular weight is 566 g/mol. The van der Waals surface area contributed by atoms with Crippen LogP contribution in [0.1, 0.15) is 11.5 Å². The molecule has 12 heteroatoms. The predicted octanol–water partition coefficient (Wildman–Crippen LogP) is 3.90. The molecule has 0 radical (unpaired) electrons. The van der Waals surface area contributed by atoms with Crippen LogP contribution in [0.5, 0.6) is 0 Å². The van der Waals surface area contributed by atoms with Gasteiger partial charge in [-0.25, -0.2) is 18.3 Å². The number of methoxy groups -OCH3 is 2. The Kier molecular flexibility index (Phi) is 9.02. The Morgan fingerprint density at radius 1 is 1.00 bits per heavy atom. The SMILES string of the molecule is COCCN1C[C@@H](NC(=O)Nc2cc(-c3cnn(CCOC)c3)nn2-c2ccccc2)[C@H](c2ccc(F)c(F)c2)C1. The molecule has 2 aromatic carbocycles. The Morgan fingerprint density at radius 3 is 2.54 bits per heavy atom. The van der Waals surface area contributed by atoms with Gasteiger partial charge in [-0.3, -0.25) is 14.9 Å². The van der Waals surface area contributed by atoms with Crippen LogP contribution in [-0.4, -0.2) is 83.6 Å². The van der Waals surface area contributed by atoms with Gasteiger partial charge in [0.15, 0.2) is 11.6 Å². The van der Waals surface area contributed by atoms with Crippen molar-refractivity contribution >= 4 is 11.8 Å². The lowest BCUT2D eigenvalue weighted by Gasteiger charge is -2.21. The molecule has 216 valence electrons. The van der Waals surface area contributed by atoms with Gasteiger partial charge in [0.05, 0.1) is 43.4 Å². The van der Waals surface area contributed by atoms with Crippen molar-refractivity contribution in [1.82, 2.24) is 29.8 Å². The van der Waals surface area contributed by atoms with Crippen LogP contribution in [-0.2, 0) is 16.0 Å². The van der Waals surface area contributed by atoms with E-state index < -0.39 is 17.7 Å². The summed E-state index contributed by atoms with van der Waals surface area (Å²) in [6.45, 7) is 3.40. The van der Waals surface area contributed by atoms with Crippen LogP contribution in [0.25, 0.3) is 16.9 Å². The third kappa shape index (κ3) is 6.79. The molecule has 41 heavy (non-hydrogen) atoms. The number of halogens is 2. The average Bonchev–Trinajstić information content (AvgIpc) is 3.71. The van der Waals surface area contributed by atoms with E-state index in [0.717, 1.165) is 17.3 Å². The van der Waals surface area contributed by atoms with Crippen LogP contribution in [0.2, 0.25) is 0 Å². The number of nitrogens with zero attached hydrogens (tertiary/aromatic N) is 5. The van der Waals surface area contributed by atoms with Crippen LogP contribution in [0.15, 0.2) is 67.0 Å². The summed E-state index contributed by atoms with van der Waals surface area (Å²) in [5, 5.41) is 15.1. The summed E-state index contributed by atoms with van der Waals surface area (Å²) in [6.07, 6.45) is 3.59. The first-order chi connectivity index (χ1) is 19.9. The van der Waals surface area contributed by atoms with Crippen molar-refractivity contribution in [2.24, 2.45) is 0 Å². The van der Waals surface area contributed by atoms with E-state index in [4.69, 9.17) is 14.6 Å². The van der Waals surface area contributed by atoms with E-state index in [2.05, 4.69) is 20.6 Å². The maximum Gasteiger partial charge on any atom is 0.320 e. The van der Waals surface area contributed by atoms with E-state index in [1.54, 1.807) is 41.9 Å². The highest BCUT2D eigenvalue weighted by Crippen LogP contribution is 2.29. The van der Waals surface area contributed by atoms with E-state index in [9.17, 15) is 13.6 Å². The third-order valence-corrected chi connectivity index (χ3v) is 7.10. The van der Waals surface area contributed by atoms with E-state index in [-0.39, 0.29) is 12.0 Å². The molecule has 3 heterocycles. The molecular weight excluding hydrogens is 532 g/mol. The third-order valence-electron chi connectivity index (χ3n) is 7.10. The molecule has 1 aliphatic rings. The summed E-state index contributed by atoms with van der Waals surface area (Å²) >= 11 is 0. The molecule has 10 nitrogen and oxygen atoms in total. The second-order valence-corrected chi connectivity index (χ2v) is 9.88. The van der Waals surface area contributed by atoms with Crippen LogP contribution in [0.4, 0.5) is 19.4 Å². The van der Waals surface area contributed by atoms with Crippen molar-refractivity contribution in [2.75, 3.05) is 52.4 Å². The van der Waals surface area contributed by atoms with Crippen LogP contribution >= 0.6 is 0 Å². The first-order valence-corrected chi connectivity index (χ1v) is 13.4. The molecule has 2 amide bonds. The smallest absolute Gasteiger partial charge is 0.320 e. The fourth-order valence-electron chi connectivity index (χ4n) is 5.02. The molecule has 0 spiro atoms. The van der Waals surface area contributed by atoms with E-state index in [1.165, 1.54) is 6.07 Å². The summed E-state index contributed by atoms with van der Waals surface area (Å²) < 4.78 is 41.5. The second-order valence-electron chi connectivity index (χ2n) is 9.88. The zero-order chi connectivity index (χ0) is 28.8. The lowest BCUT2D eigenvalue weighted by Crippen LogP contribution is -2.42. The molecule has 1 aliphatic heterocycles. The summed E-state index contributed by atoms with van der Waals surface area (Å²) in [6, 6.07) is 14.4. The number of para-hydroxylation sites is 1. The molecule has 1 saturated heterocycles. The van der Waals surface area contributed by atoms with Gasteiger partial charge in [-0.05, 0) is 29.8 Å². The van der Waals surface area contributed by atoms with Gasteiger partial charge in [0.1, 0.15) is 5.82 Å². The Labute approximate surface area is 236 Å².